The first kappa shape index (κ1) is 22.1. The highest BCUT2D eigenvalue weighted by Crippen LogP contribution is 2.55. The summed E-state index contributed by atoms with van der Waals surface area (Å²) >= 11 is 1.06. The van der Waals surface area contributed by atoms with Gasteiger partial charge in [-0.2, -0.15) is 39.5 Å². The predicted octanol–water partition coefficient (Wildman–Crippen LogP) is 5.90. The fourth-order valence-corrected chi connectivity index (χ4v) is 2.53. The van der Waals surface area contributed by atoms with Gasteiger partial charge in [-0.05, 0) is 37.8 Å². The molecule has 1 unspecified atom stereocenters. The lowest BCUT2D eigenvalue weighted by Crippen LogP contribution is -2.60. The van der Waals surface area contributed by atoms with Crippen LogP contribution in [0.25, 0.3) is 0 Å². The van der Waals surface area contributed by atoms with E-state index in [0.717, 1.165) is 22.6 Å². The molecule has 142 valence electrons. The number of hydrogen-bond acceptors (Lipinski definition) is 1. The minimum Gasteiger partial charge on any atom is -0.384 e. The van der Waals surface area contributed by atoms with Crippen molar-refractivity contribution < 1.29 is 44.6 Å². The molecule has 1 N–H and O–H groups in total. The van der Waals surface area contributed by atoms with E-state index in [1.807, 2.05) is 0 Å². The first-order chi connectivity index (χ1) is 11.1. The van der Waals surface area contributed by atoms with Crippen molar-refractivity contribution in [3.8, 4) is 0 Å². The molecule has 1 rings (SSSR count). The first-order valence-corrected chi connectivity index (χ1v) is 7.51. The van der Waals surface area contributed by atoms with Crippen LogP contribution >= 0.6 is 22.6 Å². The van der Waals surface area contributed by atoms with Crippen molar-refractivity contribution in [3.05, 3.63) is 45.6 Å². The number of aliphatic hydroxyl groups is 1. The highest BCUT2D eigenvalue weighted by atomic mass is 127. The molecule has 1 nitrogen and oxygen atoms in total. The van der Waals surface area contributed by atoms with E-state index >= 15 is 0 Å². The van der Waals surface area contributed by atoms with Crippen LogP contribution in [0.15, 0.2) is 40.0 Å². The Morgan fingerprint density at radius 3 is 1.84 bits per heavy atom. The van der Waals surface area contributed by atoms with Gasteiger partial charge in [-0.15, -0.1) is 0 Å². The quantitative estimate of drug-likeness (QED) is 0.388. The Kier molecular flexibility index (Phi) is 6.47. The zero-order chi connectivity index (χ0) is 19.7. The van der Waals surface area contributed by atoms with E-state index in [0.29, 0.717) is 6.08 Å². The summed E-state index contributed by atoms with van der Waals surface area (Å²) in [4.78, 5) is 0. The molecule has 1 atom stereocenters. The molecular weight excluding hydrogens is 482 g/mol. The number of halogens is 10. The predicted molar refractivity (Wildman–Crippen MR) is 79.0 cm³/mol. The summed E-state index contributed by atoms with van der Waals surface area (Å²) in [6, 6.07) is 7.27. The van der Waals surface area contributed by atoms with Crippen LogP contribution in [0.5, 0.6) is 0 Å². The molecule has 0 aliphatic rings. The summed E-state index contributed by atoms with van der Waals surface area (Å²) in [5, 5.41) is 9.74. The zero-order valence-corrected chi connectivity index (χ0v) is 14.1. The van der Waals surface area contributed by atoms with Crippen molar-refractivity contribution >= 4 is 22.6 Å². The van der Waals surface area contributed by atoms with Crippen LogP contribution in [-0.2, 0) is 0 Å². The average molecular weight is 492 g/mol. The topological polar surface area (TPSA) is 20.2 Å². The van der Waals surface area contributed by atoms with Gasteiger partial charge in [0.2, 0.25) is 0 Å². The molecule has 0 heterocycles. The second-order valence-electron chi connectivity index (χ2n) is 5.00. The summed E-state index contributed by atoms with van der Waals surface area (Å²) in [6.45, 7) is 0. The normalized spacial score (nSPS) is 16.0. The molecule has 0 fully saturated rings. The molecular formula is C14H10F9IO. The van der Waals surface area contributed by atoms with Crippen molar-refractivity contribution in [3.63, 3.8) is 0 Å². The molecule has 1 aromatic carbocycles. The van der Waals surface area contributed by atoms with Gasteiger partial charge < -0.3 is 5.11 Å². The third kappa shape index (κ3) is 4.60. The number of benzene rings is 1. The Hall–Kier alpha value is -0.980. The third-order valence-corrected chi connectivity index (χ3v) is 3.82. The summed E-state index contributed by atoms with van der Waals surface area (Å²) in [5.74, 6) is -19.3. The van der Waals surface area contributed by atoms with E-state index in [4.69, 9.17) is 0 Å². The smallest absolute Gasteiger partial charge is 0.384 e. The van der Waals surface area contributed by atoms with Crippen LogP contribution in [0.4, 0.5) is 39.5 Å². The van der Waals surface area contributed by atoms with E-state index in [9.17, 15) is 44.6 Å². The molecule has 25 heavy (non-hydrogen) atoms. The molecule has 1 aromatic rings. The van der Waals surface area contributed by atoms with Crippen LogP contribution in [0.1, 0.15) is 18.1 Å². The van der Waals surface area contributed by atoms with Crippen molar-refractivity contribution in [2.75, 3.05) is 0 Å². The molecule has 0 bridgehead atoms. The minimum absolute atomic E-state index is 0.187. The first-order valence-electron chi connectivity index (χ1n) is 6.43. The lowest BCUT2D eigenvalue weighted by molar-refractivity contribution is -0.395. The molecule has 0 saturated heterocycles. The number of aliphatic hydroxyl groups excluding tert-OH is 1. The Morgan fingerprint density at radius 1 is 0.920 bits per heavy atom. The number of allylic oxidation sites excluding steroid dienone is 1. The highest BCUT2D eigenvalue weighted by Gasteiger charge is 2.81. The SMILES string of the molecule is OC(/C=C(/I)CC(F)(F)C(F)(F)C(F)(F)C(F)(F)F)c1ccccc1. The third-order valence-electron chi connectivity index (χ3n) is 3.08. The van der Waals surface area contributed by atoms with Crippen LogP contribution in [0.3, 0.4) is 0 Å². The van der Waals surface area contributed by atoms with Crippen molar-refractivity contribution in [2.45, 2.75) is 36.5 Å². The minimum atomic E-state index is -6.92. The maximum Gasteiger partial charge on any atom is 0.460 e. The summed E-state index contributed by atoms with van der Waals surface area (Å²) in [7, 11) is 0. The van der Waals surface area contributed by atoms with Crippen LogP contribution in [0, 0.1) is 0 Å². The molecule has 0 saturated carbocycles. The van der Waals surface area contributed by atoms with E-state index < -0.39 is 40.0 Å². The molecule has 11 heteroatoms. The standard InChI is InChI=1S/C14H10F9IO/c15-11(16,12(17,18)13(19,20)14(21,22)23)7-9(24)6-10(25)8-4-2-1-3-5-8/h1-6,10,25H,7H2/b9-6+. The molecule has 0 spiro atoms. The molecule has 0 aromatic heterocycles. The Balaban J connectivity index is 3.04. The molecule has 0 aliphatic carbocycles. The summed E-state index contributed by atoms with van der Waals surface area (Å²) < 4.78 is 114. The lowest BCUT2D eigenvalue weighted by atomic mass is 10.00. The fourth-order valence-electron chi connectivity index (χ4n) is 1.71. The van der Waals surface area contributed by atoms with Crippen molar-refractivity contribution in [2.24, 2.45) is 0 Å². The van der Waals surface area contributed by atoms with E-state index in [1.54, 1.807) is 6.07 Å². The maximum atomic E-state index is 13.5. The van der Waals surface area contributed by atoms with Crippen LogP contribution < -0.4 is 0 Å². The Morgan fingerprint density at radius 2 is 1.40 bits per heavy atom. The second kappa shape index (κ2) is 7.33. The molecule has 0 radical (unpaired) electrons. The van der Waals surface area contributed by atoms with Crippen molar-refractivity contribution in [1.29, 1.82) is 0 Å². The van der Waals surface area contributed by atoms with Gasteiger partial charge in [-0.1, -0.05) is 30.3 Å². The van der Waals surface area contributed by atoms with Crippen LogP contribution in [-0.4, -0.2) is 29.1 Å². The largest absolute Gasteiger partial charge is 0.460 e. The fraction of sp³-hybridized carbons (Fsp3) is 0.429. The number of hydrogen-bond donors (Lipinski definition) is 1. The summed E-state index contributed by atoms with van der Waals surface area (Å²) in [5.41, 5.74) is 0.187. The van der Waals surface area contributed by atoms with Gasteiger partial charge in [0.25, 0.3) is 0 Å². The monoisotopic (exact) mass is 492 g/mol. The molecule has 0 amide bonds. The average Bonchev–Trinajstić information content (AvgIpc) is 2.45. The number of alkyl halides is 9. The number of rotatable bonds is 6. The van der Waals surface area contributed by atoms with Gasteiger partial charge in [0.1, 0.15) is 0 Å². The highest BCUT2D eigenvalue weighted by molar-refractivity contribution is 14.1. The lowest BCUT2D eigenvalue weighted by Gasteiger charge is -2.33. The maximum absolute atomic E-state index is 13.5. The van der Waals surface area contributed by atoms with Gasteiger partial charge >= 0.3 is 23.9 Å². The van der Waals surface area contributed by atoms with Gasteiger partial charge in [0, 0.05) is 6.42 Å². The van der Waals surface area contributed by atoms with Crippen LogP contribution in [0.2, 0.25) is 0 Å². The van der Waals surface area contributed by atoms with E-state index in [2.05, 4.69) is 0 Å². The van der Waals surface area contributed by atoms with E-state index in [1.165, 1.54) is 24.3 Å². The van der Waals surface area contributed by atoms with Gasteiger partial charge in [-0.25, -0.2) is 0 Å². The Bertz CT molecular complexity index is 610. The summed E-state index contributed by atoms with van der Waals surface area (Å²) in [6.07, 6.45) is -9.82. The molecule has 0 aliphatic heterocycles. The van der Waals surface area contributed by atoms with Gasteiger partial charge in [0.05, 0.1) is 6.10 Å². The Labute approximate surface area is 149 Å². The van der Waals surface area contributed by atoms with Gasteiger partial charge in [-0.3, -0.25) is 0 Å². The van der Waals surface area contributed by atoms with Gasteiger partial charge in [0.15, 0.2) is 0 Å². The second-order valence-corrected chi connectivity index (χ2v) is 6.38. The van der Waals surface area contributed by atoms with Crippen molar-refractivity contribution in [1.82, 2.24) is 0 Å². The zero-order valence-electron chi connectivity index (χ0n) is 12.0. The van der Waals surface area contributed by atoms with E-state index in [-0.39, 0.29) is 5.56 Å².